The molecular formula is C12H15N7O. The molecule has 1 atom stereocenters. The van der Waals surface area contributed by atoms with Gasteiger partial charge in [-0.1, -0.05) is 0 Å². The molecule has 3 heterocycles. The van der Waals surface area contributed by atoms with Crippen molar-refractivity contribution in [3.8, 4) is 11.3 Å². The van der Waals surface area contributed by atoms with Crippen LogP contribution in [0.15, 0.2) is 18.7 Å². The van der Waals surface area contributed by atoms with E-state index < -0.39 is 0 Å². The average molecular weight is 273 g/mol. The highest BCUT2D eigenvalue weighted by molar-refractivity contribution is 5.97. The molecule has 0 radical (unpaired) electrons. The number of fused-ring (bicyclic) bond motifs is 1. The Bertz CT molecular complexity index is 732. The van der Waals surface area contributed by atoms with E-state index >= 15 is 0 Å². The molecule has 0 spiro atoms. The Hall–Kier alpha value is -2.48. The molecular weight excluding hydrogens is 258 g/mol. The number of ether oxygens (including phenoxy) is 1. The summed E-state index contributed by atoms with van der Waals surface area (Å²) in [5.41, 5.74) is 8.02. The van der Waals surface area contributed by atoms with Gasteiger partial charge in [-0.05, 0) is 13.8 Å². The maximum absolute atomic E-state index is 5.89. The summed E-state index contributed by atoms with van der Waals surface area (Å²) < 4.78 is 7.23. The van der Waals surface area contributed by atoms with Gasteiger partial charge in [-0.3, -0.25) is 5.10 Å². The highest BCUT2D eigenvalue weighted by atomic mass is 16.5. The summed E-state index contributed by atoms with van der Waals surface area (Å²) in [4.78, 5) is 8.09. The number of nitrogens with one attached hydrogen (secondary N) is 1. The number of anilines is 1. The van der Waals surface area contributed by atoms with Gasteiger partial charge in [0.1, 0.15) is 24.1 Å². The molecule has 104 valence electrons. The van der Waals surface area contributed by atoms with Gasteiger partial charge in [0.2, 0.25) is 0 Å². The molecule has 0 fully saturated rings. The summed E-state index contributed by atoms with van der Waals surface area (Å²) in [6.45, 7) is 4.50. The molecule has 0 aliphatic heterocycles. The van der Waals surface area contributed by atoms with Gasteiger partial charge in [-0.25, -0.2) is 14.6 Å². The third kappa shape index (κ3) is 1.99. The molecule has 3 N–H and O–H groups in total. The van der Waals surface area contributed by atoms with Crippen LogP contribution >= 0.6 is 0 Å². The molecule has 1 unspecified atom stereocenters. The first kappa shape index (κ1) is 12.5. The number of aromatic amines is 1. The van der Waals surface area contributed by atoms with Crippen LogP contribution in [0.4, 0.5) is 5.82 Å². The smallest absolute Gasteiger partial charge is 0.161 e. The Kier molecular flexibility index (Phi) is 3.07. The lowest BCUT2D eigenvalue weighted by Crippen LogP contribution is -2.09. The van der Waals surface area contributed by atoms with Gasteiger partial charge in [0.25, 0.3) is 0 Å². The Morgan fingerprint density at radius 2 is 2.30 bits per heavy atom. The number of aromatic nitrogens is 6. The van der Waals surface area contributed by atoms with E-state index in [2.05, 4.69) is 25.3 Å². The second-order valence-corrected chi connectivity index (χ2v) is 4.32. The number of rotatable bonds is 4. The van der Waals surface area contributed by atoms with Crippen LogP contribution in [0.5, 0.6) is 0 Å². The maximum atomic E-state index is 5.89. The van der Waals surface area contributed by atoms with E-state index in [-0.39, 0.29) is 6.23 Å². The van der Waals surface area contributed by atoms with E-state index in [1.165, 1.54) is 6.33 Å². The third-order valence-corrected chi connectivity index (χ3v) is 3.04. The van der Waals surface area contributed by atoms with Crippen molar-refractivity contribution in [3.05, 3.63) is 18.7 Å². The van der Waals surface area contributed by atoms with E-state index in [1.807, 2.05) is 20.0 Å². The van der Waals surface area contributed by atoms with Crippen LogP contribution in [0.1, 0.15) is 20.1 Å². The zero-order valence-electron chi connectivity index (χ0n) is 11.2. The number of H-pyrrole nitrogens is 1. The topological polar surface area (TPSA) is 108 Å². The SMILES string of the molecule is CCOC(C)n1cc(-c2n[nH]c3ncnc(N)c23)cn1. The summed E-state index contributed by atoms with van der Waals surface area (Å²) in [7, 11) is 0. The first-order chi connectivity index (χ1) is 9.70. The standard InChI is InChI=1S/C12H15N7O/c1-3-20-7(2)19-5-8(4-16-19)10-9-11(13)14-6-15-12(9)18-17-10/h4-7H,3H2,1-2H3,(H3,13,14,15,17,18). The van der Waals surface area contributed by atoms with E-state index in [0.717, 1.165) is 5.56 Å². The van der Waals surface area contributed by atoms with E-state index in [9.17, 15) is 0 Å². The number of nitrogen functional groups attached to an aromatic ring is 1. The minimum atomic E-state index is -0.132. The van der Waals surface area contributed by atoms with E-state index in [0.29, 0.717) is 29.2 Å². The Morgan fingerprint density at radius 3 is 3.10 bits per heavy atom. The van der Waals surface area contributed by atoms with Gasteiger partial charge in [0.15, 0.2) is 5.65 Å². The first-order valence-electron chi connectivity index (χ1n) is 6.31. The van der Waals surface area contributed by atoms with Crippen LogP contribution in [0.3, 0.4) is 0 Å². The van der Waals surface area contributed by atoms with Crippen molar-refractivity contribution in [2.24, 2.45) is 0 Å². The Balaban J connectivity index is 2.04. The molecule has 8 heteroatoms. The largest absolute Gasteiger partial charge is 0.383 e. The number of nitrogens with two attached hydrogens (primary N) is 1. The Morgan fingerprint density at radius 1 is 1.45 bits per heavy atom. The van der Waals surface area contributed by atoms with Crippen molar-refractivity contribution >= 4 is 16.9 Å². The van der Waals surface area contributed by atoms with Crippen LogP contribution in [-0.2, 0) is 4.74 Å². The van der Waals surface area contributed by atoms with Crippen LogP contribution in [0.2, 0.25) is 0 Å². The predicted molar refractivity (Wildman–Crippen MR) is 73.7 cm³/mol. The Labute approximate surface area is 115 Å². The molecule has 8 nitrogen and oxygen atoms in total. The van der Waals surface area contributed by atoms with Crippen LogP contribution in [0, 0.1) is 0 Å². The fourth-order valence-corrected chi connectivity index (χ4v) is 2.07. The highest BCUT2D eigenvalue weighted by Crippen LogP contribution is 2.28. The van der Waals surface area contributed by atoms with Gasteiger partial charge < -0.3 is 10.5 Å². The molecule has 3 rings (SSSR count). The second-order valence-electron chi connectivity index (χ2n) is 4.32. The lowest BCUT2D eigenvalue weighted by Gasteiger charge is -2.10. The molecule has 3 aromatic heterocycles. The molecule has 0 aromatic carbocycles. The molecule has 0 aliphatic rings. The first-order valence-corrected chi connectivity index (χ1v) is 6.31. The summed E-state index contributed by atoms with van der Waals surface area (Å²) >= 11 is 0. The number of hydrogen-bond acceptors (Lipinski definition) is 6. The molecule has 0 amide bonds. The van der Waals surface area contributed by atoms with Crippen molar-refractivity contribution in [2.45, 2.75) is 20.1 Å². The fraction of sp³-hybridized carbons (Fsp3) is 0.333. The summed E-state index contributed by atoms with van der Waals surface area (Å²) in [5, 5.41) is 12.1. The van der Waals surface area contributed by atoms with Crippen molar-refractivity contribution in [1.82, 2.24) is 29.9 Å². The minimum absolute atomic E-state index is 0.132. The minimum Gasteiger partial charge on any atom is -0.383 e. The van der Waals surface area contributed by atoms with Gasteiger partial charge in [-0.2, -0.15) is 10.2 Å². The number of hydrogen-bond donors (Lipinski definition) is 2. The zero-order chi connectivity index (χ0) is 14.1. The molecule has 3 aromatic rings. The van der Waals surface area contributed by atoms with Crippen molar-refractivity contribution in [3.63, 3.8) is 0 Å². The summed E-state index contributed by atoms with van der Waals surface area (Å²) in [6.07, 6.45) is 4.85. The van der Waals surface area contributed by atoms with Gasteiger partial charge in [-0.15, -0.1) is 0 Å². The molecule has 0 bridgehead atoms. The van der Waals surface area contributed by atoms with Crippen LogP contribution < -0.4 is 5.73 Å². The molecule has 0 saturated heterocycles. The molecule has 0 saturated carbocycles. The van der Waals surface area contributed by atoms with Crippen molar-refractivity contribution in [2.75, 3.05) is 12.3 Å². The van der Waals surface area contributed by atoms with Crippen molar-refractivity contribution < 1.29 is 4.74 Å². The lowest BCUT2D eigenvalue weighted by atomic mass is 10.2. The zero-order valence-corrected chi connectivity index (χ0v) is 11.2. The number of nitrogens with zero attached hydrogens (tertiary/aromatic N) is 5. The van der Waals surface area contributed by atoms with E-state index in [1.54, 1.807) is 10.9 Å². The quantitative estimate of drug-likeness (QED) is 0.743. The second kappa shape index (κ2) is 4.89. The monoisotopic (exact) mass is 273 g/mol. The summed E-state index contributed by atoms with van der Waals surface area (Å²) in [6, 6.07) is 0. The summed E-state index contributed by atoms with van der Waals surface area (Å²) in [5.74, 6) is 0.393. The fourth-order valence-electron chi connectivity index (χ4n) is 2.07. The lowest BCUT2D eigenvalue weighted by molar-refractivity contribution is 0.0160. The van der Waals surface area contributed by atoms with Crippen LogP contribution in [-0.4, -0.2) is 36.6 Å². The highest BCUT2D eigenvalue weighted by Gasteiger charge is 2.15. The predicted octanol–water partition coefficient (Wildman–Crippen LogP) is 1.35. The van der Waals surface area contributed by atoms with Crippen LogP contribution in [0.25, 0.3) is 22.3 Å². The van der Waals surface area contributed by atoms with Gasteiger partial charge in [0.05, 0.1) is 11.6 Å². The van der Waals surface area contributed by atoms with Gasteiger partial charge >= 0.3 is 0 Å². The normalized spacial score (nSPS) is 12.9. The molecule has 0 aliphatic carbocycles. The van der Waals surface area contributed by atoms with E-state index in [4.69, 9.17) is 10.5 Å². The average Bonchev–Trinajstić information content (AvgIpc) is 3.05. The van der Waals surface area contributed by atoms with Gasteiger partial charge in [0, 0.05) is 18.4 Å². The maximum Gasteiger partial charge on any atom is 0.161 e. The third-order valence-electron chi connectivity index (χ3n) is 3.04. The molecule has 20 heavy (non-hydrogen) atoms. The van der Waals surface area contributed by atoms with Crippen molar-refractivity contribution in [1.29, 1.82) is 0 Å².